The van der Waals surface area contributed by atoms with E-state index in [9.17, 15) is 4.79 Å². The number of aryl methyl sites for hydroxylation is 3. The van der Waals surface area contributed by atoms with Crippen LogP contribution in [0.15, 0.2) is 48.7 Å². The summed E-state index contributed by atoms with van der Waals surface area (Å²) in [6.07, 6.45) is 2.66. The predicted octanol–water partition coefficient (Wildman–Crippen LogP) is 3.47. The van der Waals surface area contributed by atoms with Crippen molar-refractivity contribution in [3.05, 3.63) is 65.5 Å². The predicted molar refractivity (Wildman–Crippen MR) is 120 cm³/mol. The third-order valence-electron chi connectivity index (χ3n) is 5.92. The van der Waals surface area contributed by atoms with E-state index in [0.29, 0.717) is 13.1 Å². The first-order valence-electron chi connectivity index (χ1n) is 10.6. The third-order valence-corrected chi connectivity index (χ3v) is 5.92. The molecule has 1 aliphatic heterocycles. The van der Waals surface area contributed by atoms with Crippen LogP contribution >= 0.6 is 0 Å². The zero-order chi connectivity index (χ0) is 21.1. The summed E-state index contributed by atoms with van der Waals surface area (Å²) in [6, 6.07) is 14.4. The average molecular weight is 404 g/mol. The van der Waals surface area contributed by atoms with E-state index < -0.39 is 0 Å². The normalized spacial score (nSPS) is 14.2. The van der Waals surface area contributed by atoms with E-state index in [1.54, 1.807) is 0 Å². The Hall–Kier alpha value is -3.15. The van der Waals surface area contributed by atoms with Gasteiger partial charge in [-0.25, -0.2) is 4.98 Å². The molecule has 3 aromatic rings. The fraction of sp³-hybridized carbons (Fsp3) is 0.375. The highest BCUT2D eigenvalue weighted by atomic mass is 16.2. The summed E-state index contributed by atoms with van der Waals surface area (Å²) in [5.41, 5.74) is 5.64. The van der Waals surface area contributed by atoms with Crippen molar-refractivity contribution in [2.45, 2.75) is 33.7 Å². The molecule has 0 radical (unpaired) electrons. The largest absolute Gasteiger partial charge is 0.353 e. The van der Waals surface area contributed by atoms with Gasteiger partial charge in [0.25, 0.3) is 0 Å². The van der Waals surface area contributed by atoms with E-state index >= 15 is 0 Å². The van der Waals surface area contributed by atoms with Gasteiger partial charge in [-0.3, -0.25) is 9.48 Å². The highest BCUT2D eigenvalue weighted by Crippen LogP contribution is 2.22. The number of nitrogens with zero attached hydrogens (tertiary/aromatic N) is 5. The van der Waals surface area contributed by atoms with Crippen molar-refractivity contribution in [2.75, 3.05) is 31.1 Å². The van der Waals surface area contributed by atoms with Crippen molar-refractivity contribution in [3.63, 3.8) is 0 Å². The molecule has 6 nitrogen and oxygen atoms in total. The summed E-state index contributed by atoms with van der Waals surface area (Å²) in [4.78, 5) is 21.5. The Morgan fingerprint density at radius 2 is 1.80 bits per heavy atom. The van der Waals surface area contributed by atoms with Gasteiger partial charge in [-0.2, -0.15) is 5.10 Å². The lowest BCUT2D eigenvalue weighted by atomic mass is 10.0. The Labute approximate surface area is 178 Å². The van der Waals surface area contributed by atoms with Crippen LogP contribution in [0.25, 0.3) is 11.3 Å². The van der Waals surface area contributed by atoms with E-state index in [4.69, 9.17) is 5.10 Å². The standard InChI is InChI=1S/C24H29N5O/c1-4-21-16-22(20-9-8-18(2)19(3)15-20)26-29(21)17-24(30)28-13-11-27(12-14-28)23-7-5-6-10-25-23/h5-10,15-16H,4,11-14,17H2,1-3H3. The molecule has 0 N–H and O–H groups in total. The molecule has 0 aliphatic carbocycles. The summed E-state index contributed by atoms with van der Waals surface area (Å²) in [5.74, 6) is 1.10. The maximum absolute atomic E-state index is 13.0. The quantitative estimate of drug-likeness (QED) is 0.655. The molecule has 0 spiro atoms. The van der Waals surface area contributed by atoms with E-state index in [1.807, 2.05) is 34.0 Å². The van der Waals surface area contributed by atoms with Gasteiger partial charge in [-0.1, -0.05) is 25.1 Å². The lowest BCUT2D eigenvalue weighted by Gasteiger charge is -2.35. The van der Waals surface area contributed by atoms with Gasteiger partial charge >= 0.3 is 0 Å². The van der Waals surface area contributed by atoms with Crippen LogP contribution in [-0.4, -0.2) is 51.8 Å². The Bertz CT molecular complexity index is 1020. The number of rotatable bonds is 5. The maximum Gasteiger partial charge on any atom is 0.244 e. The van der Waals surface area contributed by atoms with Crippen LogP contribution in [0, 0.1) is 13.8 Å². The minimum absolute atomic E-state index is 0.125. The summed E-state index contributed by atoms with van der Waals surface area (Å²) in [5, 5.41) is 4.77. The van der Waals surface area contributed by atoms with Gasteiger partial charge in [0, 0.05) is 43.6 Å². The summed E-state index contributed by atoms with van der Waals surface area (Å²) >= 11 is 0. The first-order chi connectivity index (χ1) is 14.5. The van der Waals surface area contributed by atoms with Crippen LogP contribution in [0.2, 0.25) is 0 Å². The highest BCUT2D eigenvalue weighted by molar-refractivity contribution is 5.76. The van der Waals surface area contributed by atoms with Crippen LogP contribution in [0.5, 0.6) is 0 Å². The van der Waals surface area contributed by atoms with Crippen molar-refractivity contribution in [2.24, 2.45) is 0 Å². The molecular weight excluding hydrogens is 374 g/mol. The SMILES string of the molecule is CCc1cc(-c2ccc(C)c(C)c2)nn1CC(=O)N1CCN(c2ccccn2)CC1. The molecule has 0 bridgehead atoms. The topological polar surface area (TPSA) is 54.3 Å². The number of hydrogen-bond donors (Lipinski definition) is 0. The van der Waals surface area contributed by atoms with Gasteiger partial charge in [-0.05, 0) is 55.7 Å². The van der Waals surface area contributed by atoms with Crippen LogP contribution in [0.4, 0.5) is 5.82 Å². The second-order valence-corrected chi connectivity index (χ2v) is 7.89. The zero-order valence-corrected chi connectivity index (χ0v) is 18.0. The lowest BCUT2D eigenvalue weighted by Crippen LogP contribution is -2.50. The van der Waals surface area contributed by atoms with Crippen LogP contribution in [0.3, 0.4) is 0 Å². The van der Waals surface area contributed by atoms with Gasteiger partial charge in [-0.15, -0.1) is 0 Å². The van der Waals surface area contributed by atoms with Crippen LogP contribution < -0.4 is 4.90 Å². The van der Waals surface area contributed by atoms with Gasteiger partial charge in [0.15, 0.2) is 0 Å². The van der Waals surface area contributed by atoms with Gasteiger partial charge < -0.3 is 9.80 Å². The fourth-order valence-corrected chi connectivity index (χ4v) is 3.87. The molecule has 4 rings (SSSR count). The van der Waals surface area contributed by atoms with Crippen molar-refractivity contribution in [1.82, 2.24) is 19.7 Å². The molecule has 0 unspecified atom stereocenters. The number of piperazine rings is 1. The van der Waals surface area contributed by atoms with Crippen LogP contribution in [-0.2, 0) is 17.8 Å². The fourth-order valence-electron chi connectivity index (χ4n) is 3.87. The van der Waals surface area contributed by atoms with E-state index in [0.717, 1.165) is 42.3 Å². The molecule has 30 heavy (non-hydrogen) atoms. The van der Waals surface area contributed by atoms with Gasteiger partial charge in [0.2, 0.25) is 5.91 Å². The zero-order valence-electron chi connectivity index (χ0n) is 18.0. The molecule has 1 fully saturated rings. The van der Waals surface area contributed by atoms with Crippen molar-refractivity contribution >= 4 is 11.7 Å². The van der Waals surface area contributed by atoms with E-state index in [2.05, 4.69) is 54.9 Å². The monoisotopic (exact) mass is 403 g/mol. The second-order valence-electron chi connectivity index (χ2n) is 7.89. The molecule has 1 aromatic carbocycles. The molecule has 6 heteroatoms. The maximum atomic E-state index is 13.0. The molecule has 1 saturated heterocycles. The molecule has 0 saturated carbocycles. The Morgan fingerprint density at radius 3 is 2.47 bits per heavy atom. The van der Waals surface area contributed by atoms with Crippen molar-refractivity contribution in [1.29, 1.82) is 0 Å². The van der Waals surface area contributed by atoms with Gasteiger partial charge in [0.05, 0.1) is 5.69 Å². The molecule has 156 valence electrons. The number of hydrogen-bond acceptors (Lipinski definition) is 4. The highest BCUT2D eigenvalue weighted by Gasteiger charge is 2.23. The summed E-state index contributed by atoms with van der Waals surface area (Å²) in [7, 11) is 0. The molecule has 1 amide bonds. The summed E-state index contributed by atoms with van der Waals surface area (Å²) < 4.78 is 1.87. The first kappa shape index (κ1) is 20.1. The minimum Gasteiger partial charge on any atom is -0.353 e. The second kappa shape index (κ2) is 8.69. The Balaban J connectivity index is 1.43. The van der Waals surface area contributed by atoms with Crippen LogP contribution in [0.1, 0.15) is 23.7 Å². The molecule has 3 heterocycles. The molecular formula is C24H29N5O. The number of benzene rings is 1. The van der Waals surface area contributed by atoms with E-state index in [1.165, 1.54) is 11.1 Å². The van der Waals surface area contributed by atoms with Crippen molar-refractivity contribution < 1.29 is 4.79 Å². The lowest BCUT2D eigenvalue weighted by molar-refractivity contribution is -0.132. The van der Waals surface area contributed by atoms with E-state index in [-0.39, 0.29) is 12.5 Å². The number of carbonyl (C=O) groups excluding carboxylic acids is 1. The number of aromatic nitrogens is 3. The number of pyridine rings is 1. The average Bonchev–Trinajstić information content (AvgIpc) is 3.19. The van der Waals surface area contributed by atoms with Crippen molar-refractivity contribution in [3.8, 4) is 11.3 Å². The molecule has 0 atom stereocenters. The number of amides is 1. The first-order valence-corrected chi connectivity index (χ1v) is 10.6. The Morgan fingerprint density at radius 1 is 1.00 bits per heavy atom. The number of anilines is 1. The smallest absolute Gasteiger partial charge is 0.244 e. The molecule has 1 aliphatic rings. The summed E-state index contributed by atoms with van der Waals surface area (Å²) in [6.45, 7) is 9.65. The Kier molecular flexibility index (Phi) is 5.84. The minimum atomic E-state index is 0.125. The molecule has 2 aromatic heterocycles. The van der Waals surface area contributed by atoms with Gasteiger partial charge in [0.1, 0.15) is 12.4 Å². The third kappa shape index (κ3) is 4.22. The number of carbonyl (C=O) groups is 1.